The number of aliphatic imine (C=N–C) groups is 1. The Morgan fingerprint density at radius 2 is 1.93 bits per heavy atom. The van der Waals surface area contributed by atoms with E-state index in [1.54, 1.807) is 13.2 Å². The van der Waals surface area contributed by atoms with Crippen LogP contribution in [0.25, 0.3) is 0 Å². The van der Waals surface area contributed by atoms with E-state index in [1.807, 2.05) is 47.4 Å². The molecule has 4 rings (SSSR count). The molecule has 1 saturated heterocycles. The first-order chi connectivity index (χ1) is 12.9. The van der Waals surface area contributed by atoms with Crippen LogP contribution in [-0.4, -0.2) is 56.2 Å². The SMILES string of the molecule is COc1cccc(N2CC3[C@@](c4ccccc4)(C2)N=C(N)N(C)S3(=O)=O)n1. The van der Waals surface area contributed by atoms with E-state index >= 15 is 0 Å². The maximum atomic E-state index is 13.2. The Morgan fingerprint density at radius 1 is 1.19 bits per heavy atom. The summed E-state index contributed by atoms with van der Waals surface area (Å²) in [5.74, 6) is 1.11. The molecule has 1 unspecified atom stereocenters. The second kappa shape index (κ2) is 6.12. The van der Waals surface area contributed by atoms with Gasteiger partial charge in [-0.15, -0.1) is 0 Å². The van der Waals surface area contributed by atoms with E-state index in [1.165, 1.54) is 7.05 Å². The highest BCUT2D eigenvalue weighted by Crippen LogP contribution is 2.44. The third-order valence-electron chi connectivity index (χ3n) is 5.24. The number of sulfonamides is 1. The molecular formula is C18H21N5O3S. The van der Waals surface area contributed by atoms with Crippen LogP contribution in [-0.2, 0) is 15.6 Å². The number of rotatable bonds is 3. The van der Waals surface area contributed by atoms with Gasteiger partial charge in [-0.1, -0.05) is 36.4 Å². The van der Waals surface area contributed by atoms with Crippen molar-refractivity contribution in [3.63, 3.8) is 0 Å². The van der Waals surface area contributed by atoms with Gasteiger partial charge in [0.1, 0.15) is 16.6 Å². The van der Waals surface area contributed by atoms with Crippen LogP contribution in [0.3, 0.4) is 0 Å². The predicted octanol–water partition coefficient (Wildman–Crippen LogP) is 0.764. The summed E-state index contributed by atoms with van der Waals surface area (Å²) in [7, 11) is -0.687. The monoisotopic (exact) mass is 387 g/mol. The fourth-order valence-electron chi connectivity index (χ4n) is 3.79. The van der Waals surface area contributed by atoms with Gasteiger partial charge < -0.3 is 15.4 Å². The number of aromatic nitrogens is 1. The molecule has 8 nitrogen and oxygen atoms in total. The lowest BCUT2D eigenvalue weighted by Gasteiger charge is -2.38. The third-order valence-corrected chi connectivity index (χ3v) is 7.45. The summed E-state index contributed by atoms with van der Waals surface area (Å²) < 4.78 is 32.6. The van der Waals surface area contributed by atoms with E-state index in [0.29, 0.717) is 18.2 Å². The highest BCUT2D eigenvalue weighted by atomic mass is 32.2. The topological polar surface area (TPSA) is 101 Å². The number of nitrogens with zero attached hydrogens (tertiary/aromatic N) is 4. The van der Waals surface area contributed by atoms with Crippen LogP contribution >= 0.6 is 0 Å². The number of benzene rings is 1. The van der Waals surface area contributed by atoms with Gasteiger partial charge in [0.05, 0.1) is 13.7 Å². The first kappa shape index (κ1) is 17.6. The number of nitrogens with two attached hydrogens (primary N) is 1. The number of fused-ring (bicyclic) bond motifs is 1. The predicted molar refractivity (Wildman–Crippen MR) is 103 cm³/mol. The Kier molecular flexibility index (Phi) is 3.99. The number of methoxy groups -OCH3 is 1. The molecule has 2 N–H and O–H groups in total. The van der Waals surface area contributed by atoms with Crippen LogP contribution in [0, 0.1) is 0 Å². The summed E-state index contributed by atoms with van der Waals surface area (Å²) in [6.45, 7) is 0.619. The number of guanidine groups is 1. The lowest BCUT2D eigenvalue weighted by atomic mass is 9.89. The van der Waals surface area contributed by atoms with Crippen LogP contribution in [0.5, 0.6) is 5.88 Å². The van der Waals surface area contributed by atoms with Crippen molar-refractivity contribution in [2.75, 3.05) is 32.1 Å². The molecule has 9 heteroatoms. The molecule has 1 aromatic heterocycles. The average molecular weight is 387 g/mol. The van der Waals surface area contributed by atoms with Crippen molar-refractivity contribution in [2.24, 2.45) is 10.7 Å². The van der Waals surface area contributed by atoms with Crippen LogP contribution in [0.15, 0.2) is 53.5 Å². The molecule has 2 aliphatic rings. The molecule has 3 heterocycles. The van der Waals surface area contributed by atoms with Gasteiger partial charge in [0.15, 0.2) is 0 Å². The molecule has 0 spiro atoms. The van der Waals surface area contributed by atoms with E-state index in [-0.39, 0.29) is 12.5 Å². The minimum Gasteiger partial charge on any atom is -0.481 e. The number of hydrogen-bond acceptors (Lipinski definition) is 7. The summed E-state index contributed by atoms with van der Waals surface area (Å²) in [5.41, 5.74) is 5.84. The van der Waals surface area contributed by atoms with Crippen molar-refractivity contribution in [3.8, 4) is 5.88 Å². The van der Waals surface area contributed by atoms with E-state index in [0.717, 1.165) is 9.87 Å². The Morgan fingerprint density at radius 3 is 2.63 bits per heavy atom. The molecule has 142 valence electrons. The van der Waals surface area contributed by atoms with Gasteiger partial charge in [0, 0.05) is 19.7 Å². The summed E-state index contributed by atoms with van der Waals surface area (Å²) in [4.78, 5) is 11.1. The highest BCUT2D eigenvalue weighted by Gasteiger charge is 2.58. The van der Waals surface area contributed by atoms with Gasteiger partial charge in [0.2, 0.25) is 21.9 Å². The normalized spacial score (nSPS) is 26.4. The zero-order valence-electron chi connectivity index (χ0n) is 15.1. The molecule has 2 aliphatic heterocycles. The van der Waals surface area contributed by atoms with Gasteiger partial charge >= 0.3 is 0 Å². The molecule has 0 amide bonds. The van der Waals surface area contributed by atoms with E-state index in [4.69, 9.17) is 10.5 Å². The van der Waals surface area contributed by atoms with Crippen LogP contribution in [0.1, 0.15) is 5.56 Å². The maximum Gasteiger partial charge on any atom is 0.244 e. The first-order valence-corrected chi connectivity index (χ1v) is 10.0. The van der Waals surface area contributed by atoms with Crippen molar-refractivity contribution in [1.82, 2.24) is 9.29 Å². The summed E-state index contributed by atoms with van der Waals surface area (Å²) >= 11 is 0. The Hall–Kier alpha value is -2.81. The minimum atomic E-state index is -3.67. The summed E-state index contributed by atoms with van der Waals surface area (Å²) in [5, 5.41) is -0.766. The van der Waals surface area contributed by atoms with E-state index in [2.05, 4.69) is 9.98 Å². The molecule has 1 aromatic carbocycles. The van der Waals surface area contributed by atoms with Gasteiger partial charge in [-0.05, 0) is 11.6 Å². The van der Waals surface area contributed by atoms with Crippen molar-refractivity contribution >= 4 is 21.8 Å². The Bertz CT molecular complexity index is 995. The van der Waals surface area contributed by atoms with Crippen LogP contribution in [0.2, 0.25) is 0 Å². The fraction of sp³-hybridized carbons (Fsp3) is 0.333. The summed E-state index contributed by atoms with van der Waals surface area (Å²) in [6, 6.07) is 14.9. The number of anilines is 1. The first-order valence-electron chi connectivity index (χ1n) is 8.53. The van der Waals surface area contributed by atoms with E-state index in [9.17, 15) is 8.42 Å². The molecule has 1 fully saturated rings. The zero-order valence-corrected chi connectivity index (χ0v) is 15.9. The van der Waals surface area contributed by atoms with Gasteiger partial charge in [-0.3, -0.25) is 0 Å². The smallest absolute Gasteiger partial charge is 0.244 e. The van der Waals surface area contributed by atoms with Crippen molar-refractivity contribution in [1.29, 1.82) is 0 Å². The zero-order chi connectivity index (χ0) is 19.2. The van der Waals surface area contributed by atoms with Gasteiger partial charge in [0.25, 0.3) is 0 Å². The third kappa shape index (κ3) is 2.61. The molecule has 0 bridgehead atoms. The number of pyridine rings is 1. The van der Waals surface area contributed by atoms with Crippen LogP contribution in [0.4, 0.5) is 5.82 Å². The lowest BCUT2D eigenvalue weighted by Crippen LogP contribution is -2.56. The highest BCUT2D eigenvalue weighted by molar-refractivity contribution is 7.90. The molecule has 2 aromatic rings. The minimum absolute atomic E-state index is 0.00412. The van der Waals surface area contributed by atoms with Crippen molar-refractivity contribution in [2.45, 2.75) is 10.8 Å². The second-order valence-corrected chi connectivity index (χ2v) is 8.83. The molecular weight excluding hydrogens is 366 g/mol. The maximum absolute atomic E-state index is 13.2. The van der Waals surface area contributed by atoms with Crippen molar-refractivity contribution < 1.29 is 13.2 Å². The van der Waals surface area contributed by atoms with Crippen molar-refractivity contribution in [3.05, 3.63) is 54.1 Å². The second-order valence-electron chi connectivity index (χ2n) is 6.68. The molecule has 0 radical (unpaired) electrons. The van der Waals surface area contributed by atoms with Crippen LogP contribution < -0.4 is 15.4 Å². The summed E-state index contributed by atoms with van der Waals surface area (Å²) in [6.07, 6.45) is 0. The Labute approximate surface area is 158 Å². The Balaban J connectivity index is 1.87. The lowest BCUT2D eigenvalue weighted by molar-refractivity contribution is 0.398. The van der Waals surface area contributed by atoms with E-state index < -0.39 is 20.8 Å². The molecule has 0 aliphatic carbocycles. The largest absolute Gasteiger partial charge is 0.481 e. The number of ether oxygens (including phenoxy) is 1. The average Bonchev–Trinajstić information content (AvgIpc) is 3.09. The van der Waals surface area contributed by atoms with Gasteiger partial charge in [-0.2, -0.15) is 4.98 Å². The number of hydrogen-bond donors (Lipinski definition) is 1. The molecule has 0 saturated carbocycles. The quantitative estimate of drug-likeness (QED) is 0.835. The molecule has 2 atom stereocenters. The molecule has 27 heavy (non-hydrogen) atoms. The standard InChI is InChI=1S/C18H21N5O3S/c1-22-17(19)21-18(13-7-4-3-5-8-13)12-23(11-14(18)27(22,24)25)15-9-6-10-16(20-15)26-2/h3-10,14H,11-12H2,1-2H3,(H2,19,21)/t14?,18-/m0/s1. The fourth-order valence-corrected chi connectivity index (χ4v) is 5.60. The van der Waals surface area contributed by atoms with Gasteiger partial charge in [-0.25, -0.2) is 17.7 Å².